The molecule has 0 amide bonds. The summed E-state index contributed by atoms with van der Waals surface area (Å²) in [6.07, 6.45) is -0.0806. The van der Waals surface area contributed by atoms with Crippen LogP contribution in [0.2, 0.25) is 5.02 Å². The molecule has 0 aromatic heterocycles. The van der Waals surface area contributed by atoms with Crippen LogP contribution in [0.4, 0.5) is 0 Å². The van der Waals surface area contributed by atoms with Crippen LogP contribution in [0.15, 0.2) is 22.7 Å². The van der Waals surface area contributed by atoms with Crippen molar-refractivity contribution >= 4 is 27.5 Å². The number of methoxy groups -OCH3 is 1. The Kier molecular flexibility index (Phi) is 6.60. The van der Waals surface area contributed by atoms with Gasteiger partial charge in [-0.1, -0.05) is 27.5 Å². The van der Waals surface area contributed by atoms with Gasteiger partial charge in [0.2, 0.25) is 0 Å². The van der Waals surface area contributed by atoms with Crippen molar-refractivity contribution in [1.82, 2.24) is 5.32 Å². The van der Waals surface area contributed by atoms with E-state index in [2.05, 4.69) is 42.0 Å². The molecule has 1 N–H and O–H groups in total. The number of hydrogen-bond acceptors (Lipinski definition) is 3. The van der Waals surface area contributed by atoms with Crippen LogP contribution in [-0.4, -0.2) is 31.9 Å². The molecule has 1 rings (SSSR count). The van der Waals surface area contributed by atoms with Crippen LogP contribution in [0.3, 0.4) is 0 Å². The van der Waals surface area contributed by atoms with Crippen molar-refractivity contribution in [3.63, 3.8) is 0 Å². The van der Waals surface area contributed by atoms with E-state index < -0.39 is 0 Å². The summed E-state index contributed by atoms with van der Waals surface area (Å²) in [4.78, 5) is 0. The van der Waals surface area contributed by atoms with E-state index >= 15 is 0 Å². The zero-order chi connectivity index (χ0) is 14.5. The molecule has 5 heteroatoms. The van der Waals surface area contributed by atoms with E-state index in [4.69, 9.17) is 21.1 Å². The Hall–Kier alpha value is -0.290. The maximum absolute atomic E-state index is 6.15. The number of hydrogen-bond donors (Lipinski definition) is 1. The van der Waals surface area contributed by atoms with Crippen molar-refractivity contribution in [1.29, 1.82) is 0 Å². The highest BCUT2D eigenvalue weighted by Gasteiger charge is 2.16. The minimum absolute atomic E-state index is 0.0405. The van der Waals surface area contributed by atoms with Gasteiger partial charge in [-0.05, 0) is 39.0 Å². The molecule has 19 heavy (non-hydrogen) atoms. The molecule has 1 aromatic rings. The van der Waals surface area contributed by atoms with E-state index in [1.54, 1.807) is 7.11 Å². The van der Waals surface area contributed by atoms with Crippen LogP contribution in [0.25, 0.3) is 0 Å². The van der Waals surface area contributed by atoms with E-state index in [9.17, 15) is 0 Å². The third-order valence-electron chi connectivity index (χ3n) is 2.40. The molecule has 0 fully saturated rings. The summed E-state index contributed by atoms with van der Waals surface area (Å²) in [6.45, 7) is 7.55. The minimum atomic E-state index is -0.0806. The van der Waals surface area contributed by atoms with Gasteiger partial charge in [0, 0.05) is 23.7 Å². The quantitative estimate of drug-likeness (QED) is 0.844. The lowest BCUT2D eigenvalue weighted by Gasteiger charge is -2.26. The monoisotopic (exact) mass is 349 g/mol. The molecule has 1 atom stereocenters. The minimum Gasteiger partial charge on any atom is -0.485 e. The first kappa shape index (κ1) is 16.8. The molecule has 108 valence electrons. The highest BCUT2D eigenvalue weighted by atomic mass is 79.9. The largest absolute Gasteiger partial charge is 0.485 e. The van der Waals surface area contributed by atoms with Crippen LogP contribution < -0.4 is 10.1 Å². The van der Waals surface area contributed by atoms with Gasteiger partial charge in [0.05, 0.1) is 11.6 Å². The highest BCUT2D eigenvalue weighted by molar-refractivity contribution is 9.10. The number of nitrogens with one attached hydrogen (secondary N) is 1. The molecule has 1 unspecified atom stereocenters. The van der Waals surface area contributed by atoms with Gasteiger partial charge < -0.3 is 14.8 Å². The average Bonchev–Trinajstić information content (AvgIpc) is 2.28. The van der Waals surface area contributed by atoms with Crippen LogP contribution in [-0.2, 0) is 4.74 Å². The molecule has 0 bridgehead atoms. The number of benzene rings is 1. The lowest BCUT2D eigenvalue weighted by Crippen LogP contribution is -2.44. The maximum atomic E-state index is 6.15. The molecular weight excluding hydrogens is 330 g/mol. The Bertz CT molecular complexity index is 407. The summed E-state index contributed by atoms with van der Waals surface area (Å²) in [6, 6.07) is 5.58. The summed E-state index contributed by atoms with van der Waals surface area (Å²) in [5.74, 6) is 0.669. The van der Waals surface area contributed by atoms with Crippen LogP contribution in [0, 0.1) is 0 Å². The Balaban J connectivity index is 2.67. The Labute approximate surface area is 128 Å². The second-order valence-corrected chi connectivity index (χ2v) is 6.72. The Morgan fingerprint density at radius 2 is 2.05 bits per heavy atom. The smallest absolute Gasteiger partial charge is 0.138 e. The third kappa shape index (κ3) is 6.61. The fourth-order valence-corrected chi connectivity index (χ4v) is 2.21. The normalized spacial score (nSPS) is 13.4. The molecule has 0 heterocycles. The molecule has 1 aromatic carbocycles. The fraction of sp³-hybridized carbons (Fsp3) is 0.571. The van der Waals surface area contributed by atoms with Gasteiger partial charge in [-0.15, -0.1) is 0 Å². The third-order valence-corrected chi connectivity index (χ3v) is 3.19. The van der Waals surface area contributed by atoms with Gasteiger partial charge in [0.25, 0.3) is 0 Å². The summed E-state index contributed by atoms with van der Waals surface area (Å²) in [5, 5.41) is 3.99. The lowest BCUT2D eigenvalue weighted by atomic mass is 10.1. The predicted molar refractivity (Wildman–Crippen MR) is 83.2 cm³/mol. The Morgan fingerprint density at radius 1 is 1.37 bits per heavy atom. The fourth-order valence-electron chi connectivity index (χ4n) is 1.49. The summed E-state index contributed by atoms with van der Waals surface area (Å²) >= 11 is 9.52. The molecule has 0 spiro atoms. The van der Waals surface area contributed by atoms with Gasteiger partial charge in [-0.2, -0.15) is 0 Å². The maximum Gasteiger partial charge on any atom is 0.138 e. The van der Waals surface area contributed by atoms with E-state index in [-0.39, 0.29) is 11.6 Å². The van der Waals surface area contributed by atoms with Crippen molar-refractivity contribution in [2.24, 2.45) is 0 Å². The molecule has 0 saturated carbocycles. The molecule has 0 saturated heterocycles. The zero-order valence-corrected chi connectivity index (χ0v) is 14.1. The highest BCUT2D eigenvalue weighted by Crippen LogP contribution is 2.28. The van der Waals surface area contributed by atoms with Gasteiger partial charge in [0.15, 0.2) is 0 Å². The Morgan fingerprint density at radius 3 is 2.58 bits per heavy atom. The van der Waals surface area contributed by atoms with Crippen molar-refractivity contribution in [3.05, 3.63) is 27.7 Å². The van der Waals surface area contributed by atoms with Gasteiger partial charge >= 0.3 is 0 Å². The van der Waals surface area contributed by atoms with Crippen LogP contribution in [0.1, 0.15) is 20.8 Å². The second kappa shape index (κ2) is 7.48. The van der Waals surface area contributed by atoms with Gasteiger partial charge in [-0.25, -0.2) is 0 Å². The number of ether oxygens (including phenoxy) is 2. The number of rotatable bonds is 6. The SMILES string of the molecule is COCC(CNC(C)(C)C)Oc1ccc(Br)cc1Cl. The zero-order valence-electron chi connectivity index (χ0n) is 11.8. The van der Waals surface area contributed by atoms with Gasteiger partial charge in [0.1, 0.15) is 11.9 Å². The summed E-state index contributed by atoms with van der Waals surface area (Å²) in [7, 11) is 1.66. The molecule has 0 radical (unpaired) electrons. The van der Waals surface area contributed by atoms with E-state index in [0.717, 1.165) is 4.47 Å². The first-order valence-corrected chi connectivity index (χ1v) is 7.34. The molecule has 0 aliphatic carbocycles. The van der Waals surface area contributed by atoms with Gasteiger partial charge in [-0.3, -0.25) is 0 Å². The first-order chi connectivity index (χ1) is 8.81. The summed E-state index contributed by atoms with van der Waals surface area (Å²) in [5.41, 5.74) is 0.0405. The number of halogens is 2. The van der Waals surface area contributed by atoms with Crippen molar-refractivity contribution < 1.29 is 9.47 Å². The van der Waals surface area contributed by atoms with Crippen molar-refractivity contribution in [2.75, 3.05) is 20.3 Å². The predicted octanol–water partition coefficient (Wildman–Crippen LogP) is 3.88. The molecule has 0 aliphatic heterocycles. The topological polar surface area (TPSA) is 30.5 Å². The van der Waals surface area contributed by atoms with E-state index in [0.29, 0.717) is 23.9 Å². The average molecular weight is 351 g/mol. The van der Waals surface area contributed by atoms with Crippen LogP contribution in [0.5, 0.6) is 5.75 Å². The van der Waals surface area contributed by atoms with Crippen LogP contribution >= 0.6 is 27.5 Å². The van der Waals surface area contributed by atoms with E-state index in [1.807, 2.05) is 18.2 Å². The molecule has 3 nitrogen and oxygen atoms in total. The first-order valence-electron chi connectivity index (χ1n) is 6.17. The lowest BCUT2D eigenvalue weighted by molar-refractivity contribution is 0.0765. The molecule has 0 aliphatic rings. The van der Waals surface area contributed by atoms with Crippen molar-refractivity contribution in [3.8, 4) is 5.75 Å². The second-order valence-electron chi connectivity index (χ2n) is 5.40. The molecular formula is C14H21BrClNO2. The standard InChI is InChI=1S/C14H21BrClNO2/c1-14(2,3)17-8-11(9-18-4)19-13-6-5-10(15)7-12(13)16/h5-7,11,17H,8-9H2,1-4H3. The van der Waals surface area contributed by atoms with E-state index in [1.165, 1.54) is 0 Å². The van der Waals surface area contributed by atoms with Crippen molar-refractivity contribution in [2.45, 2.75) is 32.4 Å². The summed E-state index contributed by atoms with van der Waals surface area (Å²) < 4.78 is 12.0.